The fraction of sp³-hybridized carbons (Fsp3) is 0.357. The molecule has 1 aliphatic carbocycles. The average molecular weight is 504 g/mol. The van der Waals surface area contributed by atoms with E-state index in [1.54, 1.807) is 23.0 Å². The number of benzene rings is 1. The Hall–Kier alpha value is -3.45. The van der Waals surface area contributed by atoms with Crippen molar-refractivity contribution in [1.29, 1.82) is 0 Å². The van der Waals surface area contributed by atoms with Crippen LogP contribution in [0, 0.1) is 12.8 Å². The lowest BCUT2D eigenvalue weighted by molar-refractivity contribution is 0.0919. The summed E-state index contributed by atoms with van der Waals surface area (Å²) in [7, 11) is 0. The van der Waals surface area contributed by atoms with Gasteiger partial charge in [0.05, 0.1) is 39.2 Å². The number of aromatic nitrogens is 4. The van der Waals surface area contributed by atoms with E-state index >= 15 is 0 Å². The Labute approximate surface area is 215 Å². The summed E-state index contributed by atoms with van der Waals surface area (Å²) in [5.74, 6) is 0.234. The van der Waals surface area contributed by atoms with Crippen molar-refractivity contribution in [2.75, 3.05) is 0 Å². The number of amides is 1. The Balaban J connectivity index is 1.30. The number of rotatable bonds is 6. The number of aryl methyl sites for hydroxylation is 2. The molecule has 7 nitrogen and oxygen atoms in total. The summed E-state index contributed by atoms with van der Waals surface area (Å²) in [5.41, 5.74) is 4.75. The topological polar surface area (TPSA) is 81.8 Å². The number of pyridine rings is 2. The summed E-state index contributed by atoms with van der Waals surface area (Å²) in [6.45, 7) is 4.53. The number of halogens is 1. The van der Waals surface area contributed by atoms with Crippen LogP contribution in [0.25, 0.3) is 16.7 Å². The lowest BCUT2D eigenvalue weighted by Gasteiger charge is -2.29. The number of hydrogen-bond donors (Lipinski definition) is 1. The molecule has 4 aromatic rings. The van der Waals surface area contributed by atoms with E-state index in [0.29, 0.717) is 28.7 Å². The zero-order chi connectivity index (χ0) is 25.2. The predicted octanol–water partition coefficient (Wildman–Crippen LogP) is 5.10. The molecule has 0 radical (unpaired) electrons. The van der Waals surface area contributed by atoms with Crippen molar-refractivity contribution in [3.63, 3.8) is 0 Å². The summed E-state index contributed by atoms with van der Waals surface area (Å²) >= 11 is 6.03. The number of fused-ring (bicyclic) bond motifs is 1. The SMILES string of the molecule is CCc1ccc(-n2c(=O)n(CC3CCC(NC(=O)c4cc(Cl)cnc4C)CC3)c3ccccc32)cn1. The lowest BCUT2D eigenvalue weighted by atomic mass is 9.85. The lowest BCUT2D eigenvalue weighted by Crippen LogP contribution is -2.39. The number of nitrogens with one attached hydrogen (secondary N) is 1. The molecular weight excluding hydrogens is 474 g/mol. The van der Waals surface area contributed by atoms with Gasteiger partial charge in [-0.25, -0.2) is 4.79 Å². The van der Waals surface area contributed by atoms with E-state index < -0.39 is 0 Å². The first-order valence-corrected chi connectivity index (χ1v) is 12.9. The highest BCUT2D eigenvalue weighted by molar-refractivity contribution is 6.30. The van der Waals surface area contributed by atoms with Crippen molar-refractivity contribution in [3.05, 3.63) is 87.3 Å². The molecular formula is C28H30ClN5O2. The first kappa shape index (κ1) is 24.3. The van der Waals surface area contributed by atoms with Crippen molar-refractivity contribution in [3.8, 4) is 5.69 Å². The van der Waals surface area contributed by atoms with Crippen LogP contribution in [0.15, 0.2) is 59.7 Å². The molecule has 3 aromatic heterocycles. The zero-order valence-electron chi connectivity index (χ0n) is 20.6. The van der Waals surface area contributed by atoms with E-state index in [1.165, 1.54) is 0 Å². The van der Waals surface area contributed by atoms with Crippen molar-refractivity contribution in [1.82, 2.24) is 24.4 Å². The second-order valence-electron chi connectivity index (χ2n) is 9.56. The van der Waals surface area contributed by atoms with Crippen LogP contribution in [0.5, 0.6) is 0 Å². The third-order valence-corrected chi connectivity index (χ3v) is 7.39. The van der Waals surface area contributed by atoms with Crippen LogP contribution in [0.2, 0.25) is 5.02 Å². The van der Waals surface area contributed by atoms with E-state index in [0.717, 1.165) is 54.5 Å². The Morgan fingerprint density at radius 2 is 1.81 bits per heavy atom. The summed E-state index contributed by atoms with van der Waals surface area (Å²) in [5, 5.41) is 3.60. The fourth-order valence-electron chi connectivity index (χ4n) is 5.14. The normalized spacial score (nSPS) is 17.9. The molecule has 5 rings (SSSR count). The third kappa shape index (κ3) is 4.80. The predicted molar refractivity (Wildman–Crippen MR) is 142 cm³/mol. The Morgan fingerprint density at radius 1 is 1.06 bits per heavy atom. The van der Waals surface area contributed by atoms with Gasteiger partial charge in [0.1, 0.15) is 0 Å². The fourth-order valence-corrected chi connectivity index (χ4v) is 5.30. The molecule has 1 aliphatic rings. The van der Waals surface area contributed by atoms with Gasteiger partial charge in [-0.1, -0.05) is 30.7 Å². The number of para-hydroxylation sites is 2. The number of carbonyl (C=O) groups is 1. The second kappa shape index (κ2) is 10.3. The van der Waals surface area contributed by atoms with Crippen molar-refractivity contribution < 1.29 is 4.79 Å². The summed E-state index contributed by atoms with van der Waals surface area (Å²) in [4.78, 5) is 35.0. The van der Waals surface area contributed by atoms with Gasteiger partial charge in [0.2, 0.25) is 0 Å². The first-order valence-electron chi connectivity index (χ1n) is 12.5. The van der Waals surface area contributed by atoms with Gasteiger partial charge < -0.3 is 5.32 Å². The summed E-state index contributed by atoms with van der Waals surface area (Å²) < 4.78 is 3.66. The molecule has 1 aromatic carbocycles. The van der Waals surface area contributed by atoms with Crippen LogP contribution in [0.3, 0.4) is 0 Å². The van der Waals surface area contributed by atoms with Gasteiger partial charge in [0.15, 0.2) is 0 Å². The highest BCUT2D eigenvalue weighted by Crippen LogP contribution is 2.28. The van der Waals surface area contributed by atoms with Gasteiger partial charge in [-0.15, -0.1) is 0 Å². The quantitative estimate of drug-likeness (QED) is 0.397. The molecule has 3 heterocycles. The van der Waals surface area contributed by atoms with Crippen molar-refractivity contribution in [2.45, 2.75) is 58.5 Å². The van der Waals surface area contributed by atoms with E-state index in [4.69, 9.17) is 11.6 Å². The van der Waals surface area contributed by atoms with E-state index in [-0.39, 0.29) is 17.6 Å². The van der Waals surface area contributed by atoms with Crippen LogP contribution in [-0.2, 0) is 13.0 Å². The molecule has 1 N–H and O–H groups in total. The molecule has 186 valence electrons. The average Bonchev–Trinajstić information content (AvgIpc) is 3.17. The second-order valence-corrected chi connectivity index (χ2v) is 9.99. The van der Waals surface area contributed by atoms with Crippen LogP contribution in [-0.4, -0.2) is 31.1 Å². The van der Waals surface area contributed by atoms with Gasteiger partial charge in [-0.05, 0) is 75.3 Å². The maximum absolute atomic E-state index is 13.6. The van der Waals surface area contributed by atoms with Gasteiger partial charge in [-0.2, -0.15) is 0 Å². The minimum atomic E-state index is -0.132. The van der Waals surface area contributed by atoms with Crippen molar-refractivity contribution >= 4 is 28.5 Å². The van der Waals surface area contributed by atoms with E-state index in [9.17, 15) is 9.59 Å². The Morgan fingerprint density at radius 3 is 2.50 bits per heavy atom. The van der Waals surface area contributed by atoms with Crippen LogP contribution in [0.1, 0.15) is 54.4 Å². The smallest absolute Gasteiger partial charge is 0.333 e. The largest absolute Gasteiger partial charge is 0.349 e. The number of hydrogen-bond acceptors (Lipinski definition) is 4. The standard InChI is InChI=1S/C28H30ClN5O2/c1-3-21-12-13-23(16-31-21)34-26-7-5-4-6-25(26)33(28(34)36)17-19-8-10-22(11-9-19)32-27(35)24-14-20(29)15-30-18(24)2/h4-7,12-16,19,22H,3,8-11,17H2,1-2H3,(H,32,35). The first-order chi connectivity index (χ1) is 17.4. The maximum Gasteiger partial charge on any atom is 0.333 e. The van der Waals surface area contributed by atoms with Crippen LogP contribution in [0.4, 0.5) is 0 Å². The van der Waals surface area contributed by atoms with Gasteiger partial charge in [0.25, 0.3) is 5.91 Å². The molecule has 0 atom stereocenters. The van der Waals surface area contributed by atoms with E-state index in [2.05, 4.69) is 22.2 Å². The van der Waals surface area contributed by atoms with Gasteiger partial charge in [-0.3, -0.25) is 23.9 Å². The summed E-state index contributed by atoms with van der Waals surface area (Å²) in [6.07, 6.45) is 7.82. The minimum Gasteiger partial charge on any atom is -0.349 e. The molecule has 1 saturated carbocycles. The van der Waals surface area contributed by atoms with Gasteiger partial charge >= 0.3 is 5.69 Å². The number of nitrogens with zero attached hydrogens (tertiary/aromatic N) is 4. The Kier molecular flexibility index (Phi) is 6.92. The number of imidazole rings is 1. The molecule has 36 heavy (non-hydrogen) atoms. The highest BCUT2D eigenvalue weighted by atomic mass is 35.5. The molecule has 0 aliphatic heterocycles. The summed E-state index contributed by atoms with van der Waals surface area (Å²) in [6, 6.07) is 13.6. The third-order valence-electron chi connectivity index (χ3n) is 7.19. The molecule has 0 spiro atoms. The molecule has 1 amide bonds. The maximum atomic E-state index is 13.6. The molecule has 1 fully saturated rings. The zero-order valence-corrected chi connectivity index (χ0v) is 21.3. The molecule has 0 unspecified atom stereocenters. The Bertz CT molecular complexity index is 1450. The molecule has 0 bridgehead atoms. The monoisotopic (exact) mass is 503 g/mol. The van der Waals surface area contributed by atoms with Crippen LogP contribution >= 0.6 is 11.6 Å². The minimum absolute atomic E-state index is 0.0402. The number of carbonyl (C=O) groups excluding carboxylic acids is 1. The van der Waals surface area contributed by atoms with Crippen LogP contribution < -0.4 is 11.0 Å². The van der Waals surface area contributed by atoms with Gasteiger partial charge in [0, 0.05) is 24.5 Å². The molecule has 8 heteroatoms. The van der Waals surface area contributed by atoms with Crippen molar-refractivity contribution in [2.24, 2.45) is 5.92 Å². The highest BCUT2D eigenvalue weighted by Gasteiger charge is 2.25. The van der Waals surface area contributed by atoms with E-state index in [1.807, 2.05) is 47.9 Å². The molecule has 0 saturated heterocycles.